The smallest absolute Gasteiger partial charge is 0.293 e. The van der Waals surface area contributed by atoms with Crippen LogP contribution in [-0.4, -0.2) is 24.1 Å². The Morgan fingerprint density at radius 2 is 2.15 bits per heavy atom. The lowest BCUT2D eigenvalue weighted by molar-refractivity contribution is -0.128. The van der Waals surface area contributed by atoms with Crippen LogP contribution in [0.4, 0.5) is 0 Å². The monoisotopic (exact) mass is 224 g/mol. The van der Waals surface area contributed by atoms with Crippen molar-refractivity contribution >= 4 is 35.7 Å². The fraction of sp³-hybridized carbons (Fsp3) is 0.750. The van der Waals surface area contributed by atoms with Gasteiger partial charge < -0.3 is 9.47 Å². The van der Waals surface area contributed by atoms with Gasteiger partial charge in [0.1, 0.15) is 0 Å². The molecule has 0 bridgehead atoms. The van der Waals surface area contributed by atoms with E-state index < -0.39 is 0 Å². The normalized spacial score (nSPS) is 8.38. The van der Waals surface area contributed by atoms with Crippen LogP contribution in [0.15, 0.2) is 0 Å². The molecule has 0 aromatic heterocycles. The van der Waals surface area contributed by atoms with Gasteiger partial charge in [0.15, 0.2) is 0 Å². The summed E-state index contributed by atoms with van der Waals surface area (Å²) in [6.45, 7) is 7.46. The number of rotatable bonds is 4. The quantitative estimate of drug-likeness (QED) is 0.450. The van der Waals surface area contributed by atoms with Gasteiger partial charge in [-0.25, -0.2) is 0 Å². The van der Waals surface area contributed by atoms with E-state index in [0.29, 0.717) is 30.0 Å². The van der Waals surface area contributed by atoms with E-state index in [1.54, 1.807) is 6.92 Å². The van der Waals surface area contributed by atoms with Crippen molar-refractivity contribution in [1.29, 1.82) is 0 Å². The maximum atomic E-state index is 9.18. The Labute approximate surface area is 90.2 Å². The molecule has 78 valence electrons. The Bertz CT molecular complexity index is 137. The van der Waals surface area contributed by atoms with Crippen molar-refractivity contribution in [1.82, 2.24) is 0 Å². The minimum atomic E-state index is 0.332. The number of ether oxygens (including phenoxy) is 2. The number of carbonyl (C=O) groups excluding carboxylic acids is 1. The highest BCUT2D eigenvalue weighted by Crippen LogP contribution is 1.95. The summed E-state index contributed by atoms with van der Waals surface area (Å²) in [5, 5.41) is 0. The van der Waals surface area contributed by atoms with Crippen LogP contribution in [0.1, 0.15) is 20.8 Å². The molecule has 0 aliphatic rings. The average Bonchev–Trinajstić information content (AvgIpc) is 2.03. The minimum Gasteiger partial charge on any atom is -0.478 e. The number of thiocarbonyl (C=S) groups is 1. The van der Waals surface area contributed by atoms with E-state index in [9.17, 15) is 4.79 Å². The van der Waals surface area contributed by atoms with E-state index in [1.807, 2.05) is 0 Å². The van der Waals surface area contributed by atoms with Gasteiger partial charge in [-0.3, -0.25) is 4.79 Å². The van der Waals surface area contributed by atoms with Gasteiger partial charge in [-0.15, -0.1) is 0 Å². The van der Waals surface area contributed by atoms with Gasteiger partial charge >= 0.3 is 0 Å². The molecule has 0 rings (SSSR count). The summed E-state index contributed by atoms with van der Waals surface area (Å²) < 4.78 is 9.38. The zero-order chi connectivity index (χ0) is 10.7. The Morgan fingerprint density at radius 3 is 2.23 bits per heavy atom. The molecule has 0 amide bonds. The lowest BCUT2D eigenvalue weighted by Gasteiger charge is -2.03. The van der Waals surface area contributed by atoms with E-state index in [4.69, 9.17) is 4.74 Å². The molecule has 0 fully saturated rings. The minimum absolute atomic E-state index is 0.332. The summed E-state index contributed by atoms with van der Waals surface area (Å²) >= 11 is 8.34. The first-order valence-corrected chi connectivity index (χ1v) is 4.81. The second kappa shape index (κ2) is 11.7. The second-order valence-corrected chi connectivity index (χ2v) is 3.60. The topological polar surface area (TPSA) is 35.5 Å². The van der Waals surface area contributed by atoms with E-state index in [-0.39, 0.29) is 0 Å². The fourth-order valence-electron chi connectivity index (χ4n) is 0.306. The van der Waals surface area contributed by atoms with Crippen LogP contribution in [0, 0.1) is 5.92 Å². The second-order valence-electron chi connectivity index (χ2n) is 2.52. The van der Waals surface area contributed by atoms with Crippen molar-refractivity contribution in [2.45, 2.75) is 20.8 Å². The number of hydrogen-bond acceptors (Lipinski definition) is 4. The maximum Gasteiger partial charge on any atom is 0.293 e. The lowest BCUT2D eigenvalue weighted by atomic mass is 10.2. The van der Waals surface area contributed by atoms with Gasteiger partial charge in [-0.05, 0) is 25.1 Å². The first-order chi connectivity index (χ1) is 6.04. The predicted octanol–water partition coefficient (Wildman–Crippen LogP) is 2.05. The molecule has 0 heterocycles. The Hall–Kier alpha value is -0.290. The van der Waals surface area contributed by atoms with Crippen LogP contribution >= 0.6 is 24.8 Å². The van der Waals surface area contributed by atoms with Crippen molar-refractivity contribution in [3.8, 4) is 0 Å². The molecule has 0 N–H and O–H groups in total. The van der Waals surface area contributed by atoms with Crippen molar-refractivity contribution in [2.24, 2.45) is 5.92 Å². The van der Waals surface area contributed by atoms with Crippen molar-refractivity contribution < 1.29 is 14.3 Å². The van der Waals surface area contributed by atoms with Crippen LogP contribution in [0.25, 0.3) is 0 Å². The molecular formula is C8H16O3S2. The molecule has 0 aliphatic carbocycles. The Kier molecular flexibility index (Phi) is 13.7. The van der Waals surface area contributed by atoms with Gasteiger partial charge in [-0.1, -0.05) is 26.5 Å². The number of thiol groups is 1. The Morgan fingerprint density at radius 1 is 1.62 bits per heavy atom. The molecule has 0 aromatic carbocycles. The highest BCUT2D eigenvalue weighted by Gasteiger charge is 1.92. The van der Waals surface area contributed by atoms with Gasteiger partial charge in [0, 0.05) is 0 Å². The summed E-state index contributed by atoms with van der Waals surface area (Å²) in [7, 11) is 0. The lowest BCUT2D eigenvalue weighted by Crippen LogP contribution is -2.02. The summed E-state index contributed by atoms with van der Waals surface area (Å²) in [6, 6.07) is 0. The molecule has 0 atom stereocenters. The van der Waals surface area contributed by atoms with Gasteiger partial charge in [0.25, 0.3) is 6.47 Å². The standard InChI is InChI=1S/C5H10OS2.C3H6O2/c1-4(2)3-6-5(7)8;1-2-5-3-4/h4H,3H2,1-2H3,(H,7,8);3H,2H2,1H3. The van der Waals surface area contributed by atoms with E-state index in [2.05, 4.69) is 43.4 Å². The predicted molar refractivity (Wildman–Crippen MR) is 60.1 cm³/mol. The number of carbonyl (C=O) groups is 1. The molecule has 0 aliphatic heterocycles. The highest BCUT2D eigenvalue weighted by molar-refractivity contribution is 8.10. The first kappa shape index (κ1) is 15.2. The molecule has 13 heavy (non-hydrogen) atoms. The van der Waals surface area contributed by atoms with Crippen molar-refractivity contribution in [3.63, 3.8) is 0 Å². The van der Waals surface area contributed by atoms with Gasteiger partial charge in [0.05, 0.1) is 13.2 Å². The third-order valence-corrected chi connectivity index (χ3v) is 1.02. The molecule has 5 heteroatoms. The zero-order valence-corrected chi connectivity index (χ0v) is 9.86. The van der Waals surface area contributed by atoms with Crippen molar-refractivity contribution in [2.75, 3.05) is 13.2 Å². The van der Waals surface area contributed by atoms with Crippen LogP contribution in [0.3, 0.4) is 0 Å². The fourth-order valence-corrected chi connectivity index (χ4v) is 0.449. The largest absolute Gasteiger partial charge is 0.478 e. The molecular weight excluding hydrogens is 208 g/mol. The van der Waals surface area contributed by atoms with Gasteiger partial charge in [0.2, 0.25) is 4.38 Å². The van der Waals surface area contributed by atoms with Crippen LogP contribution in [0.2, 0.25) is 0 Å². The molecule has 0 spiro atoms. The summed E-state index contributed by atoms with van der Waals surface area (Å²) in [4.78, 5) is 9.18. The molecule has 3 nitrogen and oxygen atoms in total. The first-order valence-electron chi connectivity index (χ1n) is 3.95. The third kappa shape index (κ3) is 24.5. The number of hydrogen-bond donors (Lipinski definition) is 1. The van der Waals surface area contributed by atoms with Gasteiger partial charge in [-0.2, -0.15) is 0 Å². The third-order valence-electron chi connectivity index (χ3n) is 0.775. The SMILES string of the molecule is CC(C)COC(=S)S.CCOC=O. The van der Waals surface area contributed by atoms with E-state index in [1.165, 1.54) is 0 Å². The molecule has 0 radical (unpaired) electrons. The molecule has 0 saturated carbocycles. The Balaban J connectivity index is 0. The molecule has 0 saturated heterocycles. The van der Waals surface area contributed by atoms with E-state index in [0.717, 1.165) is 0 Å². The van der Waals surface area contributed by atoms with E-state index >= 15 is 0 Å². The molecule has 0 aromatic rings. The van der Waals surface area contributed by atoms with Crippen molar-refractivity contribution in [3.05, 3.63) is 0 Å². The maximum absolute atomic E-state index is 9.18. The summed E-state index contributed by atoms with van der Waals surface area (Å²) in [5.74, 6) is 0.528. The molecule has 0 unspecified atom stereocenters. The summed E-state index contributed by atoms with van der Waals surface area (Å²) in [6.07, 6.45) is 0. The van der Waals surface area contributed by atoms with Crippen LogP contribution < -0.4 is 0 Å². The zero-order valence-electron chi connectivity index (χ0n) is 8.15. The average molecular weight is 224 g/mol. The highest BCUT2D eigenvalue weighted by atomic mass is 32.1. The van der Waals surface area contributed by atoms with Crippen LogP contribution in [0.5, 0.6) is 0 Å². The van der Waals surface area contributed by atoms with Crippen LogP contribution in [-0.2, 0) is 14.3 Å². The summed E-state index contributed by atoms with van der Waals surface area (Å²) in [5.41, 5.74) is 0.